The predicted molar refractivity (Wildman–Crippen MR) is 142 cm³/mol. The van der Waals surface area contributed by atoms with Gasteiger partial charge in [-0.1, -0.05) is 52.3 Å². The number of unbranched alkanes of at least 4 members (excludes halogenated alkanes) is 1. The Bertz CT molecular complexity index is 1100. The first-order chi connectivity index (χ1) is 17.7. The SMILES string of the molecule is CCCCOc1ccc(CC(C)C(C)C(=O)c2c(O)cc(C(C)CC/C=C/NC(=O)OC)oc2=O)cc1. The predicted octanol–water partition coefficient (Wildman–Crippen LogP) is 5.98. The third-order valence-corrected chi connectivity index (χ3v) is 6.47. The zero-order valence-electron chi connectivity index (χ0n) is 22.4. The number of methoxy groups -OCH3 is 1. The van der Waals surface area contributed by atoms with Crippen LogP contribution in [-0.4, -0.2) is 30.7 Å². The van der Waals surface area contributed by atoms with E-state index in [1.165, 1.54) is 19.4 Å². The van der Waals surface area contributed by atoms with Gasteiger partial charge >= 0.3 is 11.7 Å². The second kappa shape index (κ2) is 14.9. The summed E-state index contributed by atoms with van der Waals surface area (Å²) in [6.07, 6.45) is 6.59. The summed E-state index contributed by atoms with van der Waals surface area (Å²) in [5.74, 6) is -0.425. The van der Waals surface area contributed by atoms with Gasteiger partial charge in [-0.25, -0.2) is 9.59 Å². The average Bonchev–Trinajstić information content (AvgIpc) is 2.88. The molecule has 0 bridgehead atoms. The molecular formula is C29H39NO7. The van der Waals surface area contributed by atoms with Crippen LogP contribution in [0.5, 0.6) is 11.5 Å². The van der Waals surface area contributed by atoms with E-state index in [4.69, 9.17) is 9.15 Å². The molecule has 1 heterocycles. The molecule has 3 atom stereocenters. The van der Waals surface area contributed by atoms with Gasteiger partial charge in [0.25, 0.3) is 0 Å². The lowest BCUT2D eigenvalue weighted by Crippen LogP contribution is -2.26. The maximum atomic E-state index is 13.1. The average molecular weight is 514 g/mol. The fraction of sp³-hybridized carbons (Fsp3) is 0.483. The number of hydrogen-bond acceptors (Lipinski definition) is 7. The normalized spacial score (nSPS) is 13.6. The van der Waals surface area contributed by atoms with Crippen LogP contribution in [0.4, 0.5) is 4.79 Å². The molecule has 0 saturated heterocycles. The van der Waals surface area contributed by atoms with Gasteiger partial charge < -0.3 is 19.0 Å². The fourth-order valence-corrected chi connectivity index (χ4v) is 3.82. The Balaban J connectivity index is 2.00. The number of ketones is 1. The zero-order chi connectivity index (χ0) is 27.4. The second-order valence-electron chi connectivity index (χ2n) is 9.39. The highest BCUT2D eigenvalue weighted by Crippen LogP contribution is 2.28. The van der Waals surface area contributed by atoms with Crippen LogP contribution in [0.25, 0.3) is 0 Å². The zero-order valence-corrected chi connectivity index (χ0v) is 22.4. The highest BCUT2D eigenvalue weighted by Gasteiger charge is 2.28. The molecule has 2 N–H and O–H groups in total. The molecule has 0 aliphatic heterocycles. The van der Waals surface area contributed by atoms with Gasteiger partial charge in [0.15, 0.2) is 5.78 Å². The van der Waals surface area contributed by atoms with E-state index in [2.05, 4.69) is 17.0 Å². The van der Waals surface area contributed by atoms with Gasteiger partial charge in [-0.05, 0) is 49.3 Å². The van der Waals surface area contributed by atoms with Gasteiger partial charge in [-0.3, -0.25) is 10.1 Å². The molecule has 2 rings (SSSR count). The topological polar surface area (TPSA) is 115 Å². The van der Waals surface area contributed by atoms with Crippen molar-refractivity contribution < 1.29 is 28.6 Å². The van der Waals surface area contributed by atoms with Crippen molar-refractivity contribution in [2.75, 3.05) is 13.7 Å². The Labute approximate surface area is 218 Å². The first-order valence-corrected chi connectivity index (χ1v) is 12.8. The van der Waals surface area contributed by atoms with Crippen LogP contribution in [0.3, 0.4) is 0 Å². The van der Waals surface area contributed by atoms with Crippen molar-refractivity contribution in [3.63, 3.8) is 0 Å². The minimum atomic E-state index is -0.831. The van der Waals surface area contributed by atoms with Crippen molar-refractivity contribution in [2.24, 2.45) is 11.8 Å². The van der Waals surface area contributed by atoms with E-state index in [0.29, 0.717) is 31.6 Å². The van der Waals surface area contributed by atoms with Crippen LogP contribution in [0, 0.1) is 11.8 Å². The van der Waals surface area contributed by atoms with E-state index in [1.54, 1.807) is 13.0 Å². The van der Waals surface area contributed by atoms with Gasteiger partial charge in [-0.2, -0.15) is 0 Å². The Morgan fingerprint density at radius 3 is 2.49 bits per heavy atom. The Morgan fingerprint density at radius 2 is 1.86 bits per heavy atom. The molecule has 0 radical (unpaired) electrons. The Hall–Kier alpha value is -3.55. The number of rotatable bonds is 14. The van der Waals surface area contributed by atoms with Crippen LogP contribution in [0.2, 0.25) is 0 Å². The monoisotopic (exact) mass is 513 g/mol. The number of carbonyl (C=O) groups is 2. The minimum absolute atomic E-state index is 0.0675. The molecule has 0 saturated carbocycles. The maximum Gasteiger partial charge on any atom is 0.410 e. The highest BCUT2D eigenvalue weighted by atomic mass is 16.5. The molecule has 0 aliphatic rings. The standard InChI is InChI=1S/C29H39NO7/c1-6-7-16-36-23-13-11-22(12-14-23)17-20(3)21(4)27(32)26-24(31)18-25(37-28(26)33)19(2)10-8-9-15-30-29(34)35-5/h9,11-15,18-21,31H,6-8,10,16-17H2,1-5H3,(H,30,34)/b15-9+. The molecule has 1 aromatic carbocycles. The quantitative estimate of drug-likeness (QED) is 0.236. The summed E-state index contributed by atoms with van der Waals surface area (Å²) in [7, 11) is 1.28. The van der Waals surface area contributed by atoms with Gasteiger partial charge in [0.2, 0.25) is 0 Å². The Morgan fingerprint density at radius 1 is 1.16 bits per heavy atom. The maximum absolute atomic E-state index is 13.1. The number of benzene rings is 1. The molecule has 8 nitrogen and oxygen atoms in total. The molecule has 3 unspecified atom stereocenters. The summed E-state index contributed by atoms with van der Waals surface area (Å²) in [5.41, 5.74) is -0.0780. The number of alkyl carbamates (subject to hydrolysis) is 1. The van der Waals surface area contributed by atoms with E-state index >= 15 is 0 Å². The minimum Gasteiger partial charge on any atom is -0.507 e. The summed E-state index contributed by atoms with van der Waals surface area (Å²) in [4.78, 5) is 36.8. The third-order valence-electron chi connectivity index (χ3n) is 6.47. The lowest BCUT2D eigenvalue weighted by molar-refractivity contribution is 0.0885. The molecule has 0 fully saturated rings. The number of amides is 1. The molecule has 1 amide bonds. The van der Waals surface area contributed by atoms with Crippen molar-refractivity contribution >= 4 is 11.9 Å². The molecule has 202 valence electrons. The number of ether oxygens (including phenoxy) is 2. The van der Waals surface area contributed by atoms with E-state index < -0.39 is 23.4 Å². The van der Waals surface area contributed by atoms with E-state index in [1.807, 2.05) is 38.1 Å². The number of nitrogens with one attached hydrogen (secondary N) is 1. The molecule has 8 heteroatoms. The number of allylic oxidation sites excluding steroid dienone is 1. The summed E-state index contributed by atoms with van der Waals surface area (Å²) >= 11 is 0. The van der Waals surface area contributed by atoms with Gasteiger partial charge in [0.05, 0.1) is 13.7 Å². The second-order valence-corrected chi connectivity index (χ2v) is 9.39. The van der Waals surface area contributed by atoms with Crippen LogP contribution < -0.4 is 15.7 Å². The lowest BCUT2D eigenvalue weighted by atomic mass is 9.84. The summed E-state index contributed by atoms with van der Waals surface area (Å²) in [5, 5.41) is 13.0. The van der Waals surface area contributed by atoms with Crippen LogP contribution in [0.15, 0.2) is 51.8 Å². The first-order valence-electron chi connectivity index (χ1n) is 12.8. The number of carbonyl (C=O) groups excluding carboxylic acids is 2. The smallest absolute Gasteiger partial charge is 0.410 e. The van der Waals surface area contributed by atoms with Crippen LogP contribution >= 0.6 is 0 Å². The van der Waals surface area contributed by atoms with Crippen molar-refractivity contribution in [1.82, 2.24) is 5.32 Å². The molecule has 1 aromatic heterocycles. The summed E-state index contributed by atoms with van der Waals surface area (Å²) in [6, 6.07) is 9.17. The lowest BCUT2D eigenvalue weighted by Gasteiger charge is -2.19. The third kappa shape index (κ3) is 9.12. The number of Topliss-reactive ketones (excluding diaryl/α,β-unsaturated/α-hetero) is 1. The van der Waals surface area contributed by atoms with Gasteiger partial charge in [0, 0.05) is 24.1 Å². The molecule has 2 aromatic rings. The molecule has 0 aliphatic carbocycles. The molecule has 0 spiro atoms. The van der Waals surface area contributed by atoms with Gasteiger partial charge in [0.1, 0.15) is 22.8 Å². The fourth-order valence-electron chi connectivity index (χ4n) is 3.82. The number of aromatic hydroxyl groups is 1. The highest BCUT2D eigenvalue weighted by molar-refractivity contribution is 5.99. The van der Waals surface area contributed by atoms with Crippen LogP contribution in [0.1, 0.15) is 81.0 Å². The van der Waals surface area contributed by atoms with E-state index in [9.17, 15) is 19.5 Å². The summed E-state index contributed by atoms with van der Waals surface area (Å²) in [6.45, 7) is 8.37. The van der Waals surface area contributed by atoms with Crippen molar-refractivity contribution in [3.8, 4) is 11.5 Å². The van der Waals surface area contributed by atoms with Crippen molar-refractivity contribution in [3.05, 3.63) is 69.9 Å². The number of hydrogen-bond donors (Lipinski definition) is 2. The van der Waals surface area contributed by atoms with E-state index in [-0.39, 0.29) is 23.1 Å². The first kappa shape index (κ1) is 29.7. The van der Waals surface area contributed by atoms with Gasteiger partial charge in [-0.15, -0.1) is 0 Å². The van der Waals surface area contributed by atoms with Crippen LogP contribution in [-0.2, 0) is 11.2 Å². The summed E-state index contributed by atoms with van der Waals surface area (Å²) < 4.78 is 15.6. The van der Waals surface area contributed by atoms with E-state index in [0.717, 1.165) is 24.2 Å². The largest absolute Gasteiger partial charge is 0.507 e. The molecular weight excluding hydrogens is 474 g/mol. The van der Waals surface area contributed by atoms with Crippen molar-refractivity contribution in [1.29, 1.82) is 0 Å². The Kier molecular flexibility index (Phi) is 11.9. The molecule has 37 heavy (non-hydrogen) atoms. The van der Waals surface area contributed by atoms with Crippen molar-refractivity contribution in [2.45, 2.75) is 65.7 Å².